The van der Waals surface area contributed by atoms with Crippen molar-refractivity contribution in [3.8, 4) is 5.69 Å². The lowest BCUT2D eigenvalue weighted by Gasteiger charge is -2.32. The Morgan fingerprint density at radius 1 is 0.895 bits per heavy atom. The topological polar surface area (TPSA) is 102 Å². The van der Waals surface area contributed by atoms with Gasteiger partial charge in [-0.15, -0.1) is 0 Å². The molecule has 4 heterocycles. The Kier molecular flexibility index (Phi) is 7.46. The molecule has 0 saturated carbocycles. The fourth-order valence-corrected chi connectivity index (χ4v) is 4.56. The minimum atomic E-state index is -0.196. The Labute approximate surface area is 228 Å². The fourth-order valence-electron chi connectivity index (χ4n) is 4.10. The molecule has 1 aliphatic heterocycles. The maximum absolute atomic E-state index is 12.4. The van der Waals surface area contributed by atoms with Crippen LogP contribution in [-0.4, -0.2) is 31.7 Å². The first-order chi connectivity index (χ1) is 18.4. The lowest BCUT2D eigenvalue weighted by molar-refractivity contribution is 0.557. The normalized spacial score (nSPS) is 14.9. The Balaban J connectivity index is 0.000000156. The fraction of sp³-hybridized carbons (Fsp3) is 0.107. The Bertz CT molecular complexity index is 1760. The van der Waals surface area contributed by atoms with Gasteiger partial charge in [0.25, 0.3) is 5.56 Å². The molecule has 0 aliphatic carbocycles. The molecule has 2 N–H and O–H groups in total. The molecule has 5 aromatic rings. The number of benzene rings is 2. The average molecular weight is 544 g/mol. The van der Waals surface area contributed by atoms with Crippen molar-refractivity contribution in [3.05, 3.63) is 123 Å². The number of nitrogens with two attached hydrogens (primary N) is 1. The quantitative estimate of drug-likeness (QED) is 0.372. The summed E-state index contributed by atoms with van der Waals surface area (Å²) in [5.41, 5.74) is 8.09. The molecule has 1 unspecified atom stereocenters. The molecule has 0 saturated heterocycles. The maximum atomic E-state index is 12.4. The third-order valence-corrected chi connectivity index (χ3v) is 6.57. The van der Waals surface area contributed by atoms with Gasteiger partial charge in [0.05, 0.1) is 50.1 Å². The average Bonchev–Trinajstić information content (AvgIpc) is 2.94. The number of hydrogen-bond acceptors (Lipinski definition) is 7. The molecule has 0 radical (unpaired) electrons. The number of rotatable bonds is 3. The molecule has 0 bridgehead atoms. The van der Waals surface area contributed by atoms with Crippen LogP contribution >= 0.6 is 23.2 Å². The molecule has 1 aliphatic rings. The largest absolute Gasteiger partial charge is 0.325 e. The summed E-state index contributed by atoms with van der Waals surface area (Å²) in [6.45, 7) is 1.95. The molecule has 0 amide bonds. The van der Waals surface area contributed by atoms with Crippen molar-refractivity contribution in [2.45, 2.75) is 19.1 Å². The zero-order valence-electron chi connectivity index (χ0n) is 20.3. The van der Waals surface area contributed by atoms with E-state index in [0.29, 0.717) is 26.6 Å². The van der Waals surface area contributed by atoms with Gasteiger partial charge >= 0.3 is 0 Å². The zero-order valence-corrected chi connectivity index (χ0v) is 21.8. The van der Waals surface area contributed by atoms with Gasteiger partial charge in [0.2, 0.25) is 0 Å². The van der Waals surface area contributed by atoms with Crippen molar-refractivity contribution in [2.24, 2.45) is 10.7 Å². The summed E-state index contributed by atoms with van der Waals surface area (Å²) in [6.07, 6.45) is 10.1. The summed E-state index contributed by atoms with van der Waals surface area (Å²) in [5, 5.41) is 3.30. The van der Waals surface area contributed by atoms with E-state index in [1.807, 2.05) is 48.4 Å². The first kappa shape index (κ1) is 25.5. The second-order valence-electron chi connectivity index (χ2n) is 8.59. The highest BCUT2D eigenvalue weighted by molar-refractivity contribution is 6.35. The molecule has 10 heteroatoms. The molecule has 2 atom stereocenters. The van der Waals surface area contributed by atoms with Crippen molar-refractivity contribution < 1.29 is 0 Å². The van der Waals surface area contributed by atoms with Crippen molar-refractivity contribution in [1.82, 2.24) is 19.5 Å². The number of nitrogens with zero attached hydrogens (tertiary/aromatic N) is 6. The van der Waals surface area contributed by atoms with E-state index in [1.54, 1.807) is 55.1 Å². The van der Waals surface area contributed by atoms with E-state index in [1.165, 1.54) is 10.9 Å². The van der Waals surface area contributed by atoms with Gasteiger partial charge in [-0.3, -0.25) is 24.3 Å². The third-order valence-electron chi connectivity index (χ3n) is 5.93. The minimum absolute atomic E-state index is 0.112. The number of aromatic nitrogens is 4. The van der Waals surface area contributed by atoms with Gasteiger partial charge in [-0.25, -0.2) is 4.98 Å². The van der Waals surface area contributed by atoms with Crippen LogP contribution in [0.1, 0.15) is 6.92 Å². The summed E-state index contributed by atoms with van der Waals surface area (Å²) >= 11 is 12.3. The van der Waals surface area contributed by atoms with Crippen molar-refractivity contribution in [3.63, 3.8) is 0 Å². The summed E-state index contributed by atoms with van der Waals surface area (Å²) in [5.74, 6) is 0. The second-order valence-corrected chi connectivity index (χ2v) is 9.40. The van der Waals surface area contributed by atoms with Crippen LogP contribution in [0.2, 0.25) is 10.0 Å². The van der Waals surface area contributed by atoms with Crippen molar-refractivity contribution in [2.75, 3.05) is 4.90 Å². The van der Waals surface area contributed by atoms with Gasteiger partial charge in [-0.1, -0.05) is 35.3 Å². The van der Waals surface area contributed by atoms with E-state index >= 15 is 0 Å². The van der Waals surface area contributed by atoms with Gasteiger partial charge in [-0.05, 0) is 55.5 Å². The second kappa shape index (κ2) is 11.1. The van der Waals surface area contributed by atoms with E-state index in [2.05, 4.69) is 15.0 Å². The van der Waals surface area contributed by atoms with Gasteiger partial charge < -0.3 is 10.6 Å². The molecular formula is C28H23Cl2N7O. The van der Waals surface area contributed by atoms with Gasteiger partial charge in [0.1, 0.15) is 12.5 Å². The van der Waals surface area contributed by atoms with Crippen LogP contribution in [0, 0.1) is 0 Å². The highest BCUT2D eigenvalue weighted by Crippen LogP contribution is 2.20. The Morgan fingerprint density at radius 2 is 1.58 bits per heavy atom. The highest BCUT2D eigenvalue weighted by atomic mass is 35.5. The summed E-state index contributed by atoms with van der Waals surface area (Å²) in [7, 11) is 0. The Hall–Kier alpha value is -4.11. The van der Waals surface area contributed by atoms with E-state index in [9.17, 15) is 4.79 Å². The molecular weight excluding hydrogens is 521 g/mol. The number of anilines is 1. The van der Waals surface area contributed by atoms with Crippen LogP contribution < -0.4 is 26.8 Å². The molecule has 38 heavy (non-hydrogen) atoms. The first-order valence-corrected chi connectivity index (χ1v) is 12.5. The van der Waals surface area contributed by atoms with E-state index < -0.39 is 0 Å². The smallest absolute Gasteiger partial charge is 0.267 e. The van der Waals surface area contributed by atoms with Crippen LogP contribution in [0.15, 0.2) is 102 Å². The number of fused-ring (bicyclic) bond motifs is 2. The summed E-state index contributed by atoms with van der Waals surface area (Å²) in [4.78, 5) is 31.5. The number of pyridine rings is 2. The molecule has 6 rings (SSSR count). The van der Waals surface area contributed by atoms with Crippen molar-refractivity contribution >= 4 is 46.0 Å². The third kappa shape index (κ3) is 5.15. The van der Waals surface area contributed by atoms with Crippen LogP contribution in [0.5, 0.6) is 0 Å². The standard InChI is InChI=1S/C15H15ClN4.C13H8ClN3O/c1-10(17)15-19-14-6-2-5-13(16)12(14)9-20(15)11-4-3-7-18-8-11;14-10-4-1-5-11-12(10)13(18)17(8-16-11)9-3-2-6-15-7-9/h2-10,15H,17H2,1H3;1-8H/t10?,15-;/m1./s1. The van der Waals surface area contributed by atoms with E-state index in [-0.39, 0.29) is 17.8 Å². The zero-order chi connectivity index (χ0) is 26.6. The van der Waals surface area contributed by atoms with Crippen molar-refractivity contribution in [1.29, 1.82) is 0 Å². The SMILES string of the molecule is CC(N)[C@@H]1N=c2cccc(Cl)c2=CN1c1cccnc1.O=c1c2c(Cl)cccc2ncn1-c1cccnc1. The highest BCUT2D eigenvalue weighted by Gasteiger charge is 2.23. The molecule has 2 aromatic carbocycles. The van der Waals surface area contributed by atoms with Crippen LogP contribution in [0.3, 0.4) is 0 Å². The first-order valence-electron chi connectivity index (χ1n) is 11.8. The number of halogens is 2. The number of hydrogen-bond donors (Lipinski definition) is 1. The molecule has 3 aromatic heterocycles. The van der Waals surface area contributed by atoms with E-state index in [0.717, 1.165) is 16.3 Å². The summed E-state index contributed by atoms with van der Waals surface area (Å²) in [6, 6.07) is 18.2. The van der Waals surface area contributed by atoms with Crippen LogP contribution in [0.25, 0.3) is 22.8 Å². The maximum Gasteiger partial charge on any atom is 0.267 e. The lowest BCUT2D eigenvalue weighted by Crippen LogP contribution is -2.49. The van der Waals surface area contributed by atoms with Gasteiger partial charge in [-0.2, -0.15) is 0 Å². The minimum Gasteiger partial charge on any atom is -0.325 e. The monoisotopic (exact) mass is 543 g/mol. The summed E-state index contributed by atoms with van der Waals surface area (Å²) < 4.78 is 1.43. The predicted molar refractivity (Wildman–Crippen MR) is 151 cm³/mol. The van der Waals surface area contributed by atoms with Gasteiger partial charge in [0.15, 0.2) is 0 Å². The molecule has 0 fully saturated rings. The lowest BCUT2D eigenvalue weighted by atomic mass is 10.1. The van der Waals surface area contributed by atoms with E-state index in [4.69, 9.17) is 33.9 Å². The predicted octanol–water partition coefficient (Wildman–Crippen LogP) is 3.72. The molecule has 0 spiro atoms. The molecule has 8 nitrogen and oxygen atoms in total. The van der Waals surface area contributed by atoms with Crippen LogP contribution in [0.4, 0.5) is 5.69 Å². The Morgan fingerprint density at radius 3 is 2.26 bits per heavy atom. The van der Waals surface area contributed by atoms with Crippen LogP contribution in [-0.2, 0) is 0 Å². The van der Waals surface area contributed by atoms with Gasteiger partial charge in [0, 0.05) is 29.9 Å². The molecule has 190 valence electrons.